The van der Waals surface area contributed by atoms with Crippen LogP contribution in [0.25, 0.3) is 88.3 Å². The van der Waals surface area contributed by atoms with Gasteiger partial charge in [-0.15, -0.1) is 0 Å². The topological polar surface area (TPSA) is 6.48 Å². The molecule has 0 atom stereocenters. The number of anilines is 6. The Labute approximate surface area is 526 Å². The zero-order valence-corrected chi connectivity index (χ0v) is 52.5. The van der Waals surface area contributed by atoms with Crippen LogP contribution in [0.3, 0.4) is 0 Å². The van der Waals surface area contributed by atoms with E-state index in [2.05, 4.69) is 351 Å². The summed E-state index contributed by atoms with van der Waals surface area (Å²) < 4.78 is 0. The van der Waals surface area contributed by atoms with Gasteiger partial charge < -0.3 is 9.80 Å². The molecule has 13 aromatic carbocycles. The second-order valence-electron chi connectivity index (χ2n) is 27.7. The highest BCUT2D eigenvalue weighted by atomic mass is 15.2. The van der Waals surface area contributed by atoms with E-state index in [-0.39, 0.29) is 23.0 Å². The molecule has 0 spiro atoms. The summed E-state index contributed by atoms with van der Waals surface area (Å²) in [5.74, 6) is 0. The molecule has 0 amide bonds. The van der Waals surface area contributed by atoms with Gasteiger partial charge in [-0.1, -0.05) is 287 Å². The third kappa shape index (κ3) is 9.67. The maximum Gasteiger partial charge on any atom is 0.252 e. The summed E-state index contributed by atoms with van der Waals surface area (Å²) in [6.07, 6.45) is 0. The molecule has 89 heavy (non-hydrogen) atoms. The number of hydrogen-bond acceptors (Lipinski definition) is 2. The van der Waals surface area contributed by atoms with E-state index < -0.39 is 0 Å². The van der Waals surface area contributed by atoms with Crippen molar-refractivity contribution in [2.24, 2.45) is 0 Å². The molecule has 0 saturated carbocycles. The fourth-order valence-electron chi connectivity index (χ4n) is 14.2. The van der Waals surface area contributed by atoms with Crippen LogP contribution in [-0.2, 0) is 16.2 Å². The first-order valence-electron chi connectivity index (χ1n) is 31.7. The Morgan fingerprint density at radius 2 is 0.618 bits per heavy atom. The molecule has 0 unspecified atom stereocenters. The smallest absolute Gasteiger partial charge is 0.252 e. The van der Waals surface area contributed by atoms with E-state index in [4.69, 9.17) is 0 Å². The molecule has 0 N–H and O–H groups in total. The van der Waals surface area contributed by atoms with Crippen LogP contribution in [0.2, 0.25) is 0 Å². The molecule has 0 saturated heterocycles. The van der Waals surface area contributed by atoms with Gasteiger partial charge in [0.1, 0.15) is 0 Å². The third-order valence-corrected chi connectivity index (χ3v) is 18.9. The predicted octanol–water partition coefficient (Wildman–Crippen LogP) is 22.0. The van der Waals surface area contributed by atoms with Crippen molar-refractivity contribution < 1.29 is 0 Å². The lowest BCUT2D eigenvalue weighted by atomic mass is 9.33. The number of hydrogen-bond donors (Lipinski definition) is 0. The van der Waals surface area contributed by atoms with E-state index >= 15 is 0 Å². The Morgan fingerprint density at radius 3 is 1.11 bits per heavy atom. The molecule has 2 nitrogen and oxygen atoms in total. The average molecular weight is 1150 g/mol. The molecule has 0 bridgehead atoms. The lowest BCUT2D eigenvalue weighted by Crippen LogP contribution is -2.61. The summed E-state index contributed by atoms with van der Waals surface area (Å²) in [7, 11) is 0. The maximum atomic E-state index is 2.67. The first-order chi connectivity index (χ1) is 43.1. The van der Waals surface area contributed by atoms with Crippen molar-refractivity contribution in [3.63, 3.8) is 0 Å². The third-order valence-electron chi connectivity index (χ3n) is 18.9. The van der Waals surface area contributed by atoms with Gasteiger partial charge in [0.25, 0.3) is 6.71 Å². The molecule has 2 aliphatic rings. The van der Waals surface area contributed by atoms with Crippen LogP contribution in [0, 0.1) is 0 Å². The predicted molar refractivity (Wildman–Crippen MR) is 384 cm³/mol. The van der Waals surface area contributed by atoms with Gasteiger partial charge in [-0.05, 0) is 181 Å². The van der Waals surface area contributed by atoms with Gasteiger partial charge in [0.15, 0.2) is 0 Å². The standard InChI is InChI=1S/C86H73BN2/c1-84(2,3)64-42-47-75(70(52-64)57-29-17-11-18-30-57)88-77-46-41-62(56-27-15-10-16-28-56)50-74(77)87-73-45-40-63(61-39-44-69-72(49-61)82(60-35-23-14-24-36-60)68-38-26-25-37-67(68)81(69)59-33-21-13-22-34-59)51-78(73)89(80-55-66(86(7,8)9)54-79(88)83(80)87)76-48-43-65(85(4,5)6)53-71(76)58-31-19-12-20-32-58/h10-55H,1-9H3. The van der Waals surface area contributed by atoms with Gasteiger partial charge >= 0.3 is 0 Å². The normalized spacial score (nSPS) is 12.9. The molecule has 0 radical (unpaired) electrons. The Hall–Kier alpha value is -9.96. The largest absolute Gasteiger partial charge is 0.311 e. The van der Waals surface area contributed by atoms with E-state index in [0.717, 1.165) is 16.9 Å². The molecular formula is C86H73BN2. The number of rotatable bonds is 8. The number of benzene rings is 13. The van der Waals surface area contributed by atoms with Crippen molar-refractivity contribution in [1.82, 2.24) is 0 Å². The van der Waals surface area contributed by atoms with Crippen LogP contribution in [0.1, 0.15) is 79.0 Å². The zero-order chi connectivity index (χ0) is 60.9. The summed E-state index contributed by atoms with van der Waals surface area (Å²) in [6.45, 7) is 21.0. The highest BCUT2D eigenvalue weighted by Gasteiger charge is 2.45. The van der Waals surface area contributed by atoms with Crippen LogP contribution in [-0.4, -0.2) is 6.71 Å². The van der Waals surface area contributed by atoms with Crippen LogP contribution in [0.15, 0.2) is 279 Å². The Morgan fingerprint density at radius 1 is 0.236 bits per heavy atom. The highest BCUT2D eigenvalue weighted by molar-refractivity contribution is 7.00. The van der Waals surface area contributed by atoms with Gasteiger partial charge in [-0.25, -0.2) is 0 Å². The van der Waals surface area contributed by atoms with Crippen LogP contribution in [0.4, 0.5) is 34.1 Å². The molecular weight excluding hydrogens is 1070 g/mol. The first-order valence-corrected chi connectivity index (χ1v) is 31.7. The quantitative estimate of drug-likeness (QED) is 0.111. The van der Waals surface area contributed by atoms with Gasteiger partial charge in [0.05, 0.1) is 11.4 Å². The summed E-state index contributed by atoms with van der Waals surface area (Å²) >= 11 is 0. The summed E-state index contributed by atoms with van der Waals surface area (Å²) in [6, 6.07) is 106. The van der Waals surface area contributed by atoms with Crippen molar-refractivity contribution in [3.05, 3.63) is 296 Å². The number of nitrogens with zero attached hydrogens (tertiary/aromatic N) is 2. The Kier molecular flexibility index (Phi) is 13.4. The SMILES string of the molecule is CC(C)(C)c1ccc(N2c3ccc(-c4ccccc4)cc3B3c4ccc(-c5ccc6c(-c7ccccc7)c7ccccc7c(-c7ccccc7)c6c5)cc4N(c4ccc(C(C)(C)C)cc4-c4ccccc4)c4cc(C(C)(C)C)cc2c43)c(-c2ccccc2)c1. The van der Waals surface area contributed by atoms with Crippen LogP contribution < -0.4 is 26.2 Å². The molecule has 0 aromatic heterocycles. The molecule has 13 aromatic rings. The van der Waals surface area contributed by atoms with Gasteiger partial charge in [0.2, 0.25) is 0 Å². The van der Waals surface area contributed by atoms with Crippen LogP contribution >= 0.6 is 0 Å². The number of fused-ring (bicyclic) bond motifs is 6. The first kappa shape index (κ1) is 55.6. The van der Waals surface area contributed by atoms with Crippen molar-refractivity contribution in [1.29, 1.82) is 0 Å². The minimum Gasteiger partial charge on any atom is -0.311 e. The lowest BCUT2D eigenvalue weighted by molar-refractivity contribution is 0.590. The zero-order valence-electron chi connectivity index (χ0n) is 52.5. The molecule has 3 heteroatoms. The highest BCUT2D eigenvalue weighted by Crippen LogP contribution is 2.52. The van der Waals surface area contributed by atoms with E-state index in [1.165, 1.54) is 139 Å². The summed E-state index contributed by atoms with van der Waals surface area (Å²) in [5, 5.41) is 4.96. The monoisotopic (exact) mass is 1140 g/mol. The molecule has 430 valence electrons. The lowest BCUT2D eigenvalue weighted by Gasteiger charge is -2.46. The second kappa shape index (κ2) is 21.4. The maximum absolute atomic E-state index is 2.67. The molecule has 15 rings (SSSR count). The summed E-state index contributed by atoms with van der Waals surface area (Å²) in [5.41, 5.74) is 28.8. The minimum absolute atomic E-state index is 0.0680. The minimum atomic E-state index is -0.223. The van der Waals surface area contributed by atoms with Crippen molar-refractivity contribution in [2.45, 2.75) is 78.6 Å². The fourth-order valence-corrected chi connectivity index (χ4v) is 14.2. The van der Waals surface area contributed by atoms with Gasteiger partial charge in [-0.3, -0.25) is 0 Å². The molecule has 0 aliphatic carbocycles. The fraction of sp³-hybridized carbons (Fsp3) is 0.140. The van der Waals surface area contributed by atoms with E-state index in [1.807, 2.05) is 0 Å². The van der Waals surface area contributed by atoms with Gasteiger partial charge in [-0.2, -0.15) is 0 Å². The molecule has 0 fully saturated rings. The van der Waals surface area contributed by atoms with Gasteiger partial charge in [0, 0.05) is 33.9 Å². The van der Waals surface area contributed by atoms with E-state index in [1.54, 1.807) is 0 Å². The van der Waals surface area contributed by atoms with Crippen molar-refractivity contribution in [2.75, 3.05) is 9.80 Å². The molecule has 2 heterocycles. The van der Waals surface area contributed by atoms with Crippen molar-refractivity contribution in [3.8, 4) is 66.8 Å². The summed E-state index contributed by atoms with van der Waals surface area (Å²) in [4.78, 5) is 5.30. The molecule has 2 aliphatic heterocycles. The second-order valence-corrected chi connectivity index (χ2v) is 27.7. The Balaban J connectivity index is 1.06. The van der Waals surface area contributed by atoms with E-state index in [0.29, 0.717) is 0 Å². The average Bonchev–Trinajstić information content (AvgIpc) is 0.702. The van der Waals surface area contributed by atoms with Crippen molar-refractivity contribution >= 4 is 78.8 Å². The van der Waals surface area contributed by atoms with Crippen LogP contribution in [0.5, 0.6) is 0 Å². The van der Waals surface area contributed by atoms with E-state index in [9.17, 15) is 0 Å². The Bertz CT molecular complexity index is 4870.